The first kappa shape index (κ1) is 14.0. The van der Waals surface area contributed by atoms with Crippen LogP contribution in [-0.4, -0.2) is 42.5 Å². The molecular formula is C15H27NO2. The number of nitrogens with zero attached hydrogens (tertiary/aromatic N) is 1. The maximum atomic E-state index is 12.3. The molecule has 1 atom stereocenters. The minimum Gasteiger partial charge on any atom is -0.368 e. The molecule has 0 amide bonds. The van der Waals surface area contributed by atoms with Crippen LogP contribution in [0.25, 0.3) is 0 Å². The second kappa shape index (κ2) is 6.67. The second-order valence-corrected chi connectivity index (χ2v) is 6.12. The summed E-state index contributed by atoms with van der Waals surface area (Å²) in [4.78, 5) is 14.6. The highest BCUT2D eigenvalue weighted by Crippen LogP contribution is 2.27. The molecule has 0 radical (unpaired) electrons. The zero-order valence-corrected chi connectivity index (χ0v) is 11.9. The molecule has 0 bridgehead atoms. The molecular weight excluding hydrogens is 226 g/mol. The molecule has 104 valence electrons. The van der Waals surface area contributed by atoms with Crippen LogP contribution in [0, 0.1) is 5.92 Å². The van der Waals surface area contributed by atoms with E-state index in [-0.39, 0.29) is 6.10 Å². The van der Waals surface area contributed by atoms with E-state index in [9.17, 15) is 4.79 Å². The maximum Gasteiger partial charge on any atom is 0.163 e. The predicted octanol–water partition coefficient (Wildman–Crippen LogP) is 2.64. The maximum absolute atomic E-state index is 12.3. The molecule has 1 aliphatic carbocycles. The number of ketones is 1. The first-order valence-electron chi connectivity index (χ1n) is 7.55. The Kier molecular flexibility index (Phi) is 5.19. The fourth-order valence-electron chi connectivity index (χ4n) is 3.14. The third-order valence-electron chi connectivity index (χ3n) is 4.40. The molecule has 2 aliphatic rings. The fraction of sp³-hybridized carbons (Fsp3) is 0.933. The van der Waals surface area contributed by atoms with Crippen LogP contribution in [-0.2, 0) is 9.53 Å². The monoisotopic (exact) mass is 253 g/mol. The summed E-state index contributed by atoms with van der Waals surface area (Å²) in [5, 5.41) is 0. The highest BCUT2D eigenvalue weighted by molar-refractivity contribution is 5.83. The third kappa shape index (κ3) is 3.79. The Morgan fingerprint density at radius 2 is 2.00 bits per heavy atom. The molecule has 3 heteroatoms. The van der Waals surface area contributed by atoms with Crippen molar-refractivity contribution in [2.24, 2.45) is 5.92 Å². The molecule has 0 aromatic rings. The van der Waals surface area contributed by atoms with Gasteiger partial charge in [0.1, 0.15) is 6.10 Å². The molecule has 2 fully saturated rings. The van der Waals surface area contributed by atoms with Gasteiger partial charge in [0.05, 0.1) is 6.61 Å². The molecule has 1 unspecified atom stereocenters. The molecule has 1 heterocycles. The van der Waals surface area contributed by atoms with Crippen molar-refractivity contribution in [3.8, 4) is 0 Å². The van der Waals surface area contributed by atoms with Crippen LogP contribution in [0.4, 0.5) is 0 Å². The van der Waals surface area contributed by atoms with Gasteiger partial charge in [-0.15, -0.1) is 0 Å². The lowest BCUT2D eigenvalue weighted by Crippen LogP contribution is -2.48. The van der Waals surface area contributed by atoms with Crippen LogP contribution in [0.1, 0.15) is 52.4 Å². The normalized spacial score (nSPS) is 27.6. The molecule has 3 nitrogen and oxygen atoms in total. The van der Waals surface area contributed by atoms with Crippen LogP contribution < -0.4 is 0 Å². The van der Waals surface area contributed by atoms with Crippen molar-refractivity contribution in [2.75, 3.05) is 19.7 Å². The standard InChI is InChI=1S/C15H27NO2/c1-12(2)16-8-9-18-15(11-16)14(17)10-13-6-4-3-5-7-13/h12-13,15H,3-11H2,1-2H3. The van der Waals surface area contributed by atoms with Gasteiger partial charge in [-0.2, -0.15) is 0 Å². The molecule has 2 rings (SSSR count). The average molecular weight is 253 g/mol. The third-order valence-corrected chi connectivity index (χ3v) is 4.40. The Morgan fingerprint density at radius 1 is 1.28 bits per heavy atom. The molecule has 0 spiro atoms. The van der Waals surface area contributed by atoms with Gasteiger partial charge in [-0.05, 0) is 19.8 Å². The zero-order valence-electron chi connectivity index (χ0n) is 11.9. The summed E-state index contributed by atoms with van der Waals surface area (Å²) in [6, 6.07) is 0.513. The minimum absolute atomic E-state index is 0.164. The summed E-state index contributed by atoms with van der Waals surface area (Å²) in [5.41, 5.74) is 0. The lowest BCUT2D eigenvalue weighted by molar-refractivity contribution is -0.138. The number of morpholine rings is 1. The van der Waals surface area contributed by atoms with E-state index >= 15 is 0 Å². The van der Waals surface area contributed by atoms with Crippen LogP contribution in [0.3, 0.4) is 0 Å². The van der Waals surface area contributed by atoms with Crippen molar-refractivity contribution >= 4 is 5.78 Å². The molecule has 0 N–H and O–H groups in total. The van der Waals surface area contributed by atoms with E-state index in [4.69, 9.17) is 4.74 Å². The smallest absolute Gasteiger partial charge is 0.163 e. The summed E-state index contributed by atoms with van der Waals surface area (Å²) in [7, 11) is 0. The first-order valence-corrected chi connectivity index (χ1v) is 7.55. The van der Waals surface area contributed by atoms with Crippen LogP contribution in [0.15, 0.2) is 0 Å². The van der Waals surface area contributed by atoms with Crippen molar-refractivity contribution in [3.63, 3.8) is 0 Å². The summed E-state index contributed by atoms with van der Waals surface area (Å²) in [5.74, 6) is 0.969. The van der Waals surface area contributed by atoms with Crippen molar-refractivity contribution in [1.29, 1.82) is 0 Å². The predicted molar refractivity (Wildman–Crippen MR) is 72.6 cm³/mol. The lowest BCUT2D eigenvalue weighted by Gasteiger charge is -2.35. The molecule has 1 aliphatic heterocycles. The highest BCUT2D eigenvalue weighted by atomic mass is 16.5. The van der Waals surface area contributed by atoms with Gasteiger partial charge in [-0.3, -0.25) is 9.69 Å². The van der Waals surface area contributed by atoms with Gasteiger partial charge in [0.2, 0.25) is 0 Å². The molecule has 0 aromatic carbocycles. The Morgan fingerprint density at radius 3 is 2.67 bits per heavy atom. The van der Waals surface area contributed by atoms with E-state index in [1.54, 1.807) is 0 Å². The Labute approximate surface area is 111 Å². The number of ether oxygens (including phenoxy) is 1. The molecule has 18 heavy (non-hydrogen) atoms. The van der Waals surface area contributed by atoms with Crippen molar-refractivity contribution in [3.05, 3.63) is 0 Å². The molecule has 1 saturated carbocycles. The van der Waals surface area contributed by atoms with Gasteiger partial charge < -0.3 is 4.74 Å². The number of hydrogen-bond donors (Lipinski definition) is 0. The van der Waals surface area contributed by atoms with E-state index in [1.165, 1.54) is 32.1 Å². The quantitative estimate of drug-likeness (QED) is 0.771. The van der Waals surface area contributed by atoms with Gasteiger partial charge >= 0.3 is 0 Å². The zero-order chi connectivity index (χ0) is 13.0. The summed E-state index contributed by atoms with van der Waals surface area (Å²) < 4.78 is 5.67. The van der Waals surface area contributed by atoms with Crippen molar-refractivity contribution in [2.45, 2.75) is 64.5 Å². The number of hydrogen-bond acceptors (Lipinski definition) is 3. The molecule has 1 saturated heterocycles. The largest absolute Gasteiger partial charge is 0.368 e. The van der Waals surface area contributed by atoms with Gasteiger partial charge in [0, 0.05) is 25.6 Å². The van der Waals surface area contributed by atoms with Gasteiger partial charge in [-0.1, -0.05) is 32.1 Å². The van der Waals surface area contributed by atoms with Crippen molar-refractivity contribution in [1.82, 2.24) is 4.90 Å². The topological polar surface area (TPSA) is 29.5 Å². The Hall–Kier alpha value is -0.410. The second-order valence-electron chi connectivity index (χ2n) is 6.12. The van der Waals surface area contributed by atoms with Crippen LogP contribution in [0.2, 0.25) is 0 Å². The highest BCUT2D eigenvalue weighted by Gasteiger charge is 2.29. The van der Waals surface area contributed by atoms with Crippen molar-refractivity contribution < 1.29 is 9.53 Å². The van der Waals surface area contributed by atoms with E-state index in [0.717, 1.165) is 19.5 Å². The van der Waals surface area contributed by atoms with Gasteiger partial charge in [0.15, 0.2) is 5.78 Å². The van der Waals surface area contributed by atoms with E-state index in [0.29, 0.717) is 24.3 Å². The van der Waals surface area contributed by atoms with Gasteiger partial charge in [-0.25, -0.2) is 0 Å². The summed E-state index contributed by atoms with van der Waals surface area (Å²) >= 11 is 0. The minimum atomic E-state index is -0.164. The van der Waals surface area contributed by atoms with Crippen LogP contribution >= 0.6 is 0 Å². The lowest BCUT2D eigenvalue weighted by atomic mass is 9.85. The van der Waals surface area contributed by atoms with E-state index < -0.39 is 0 Å². The van der Waals surface area contributed by atoms with E-state index in [2.05, 4.69) is 18.7 Å². The molecule has 0 aromatic heterocycles. The number of carbonyl (C=O) groups is 1. The number of rotatable bonds is 4. The first-order chi connectivity index (χ1) is 8.66. The fourth-order valence-corrected chi connectivity index (χ4v) is 3.14. The SMILES string of the molecule is CC(C)N1CCOC(C(=O)CC2CCCCC2)C1. The van der Waals surface area contributed by atoms with E-state index in [1.807, 2.05) is 0 Å². The van der Waals surface area contributed by atoms with Gasteiger partial charge in [0.25, 0.3) is 0 Å². The number of carbonyl (C=O) groups excluding carboxylic acids is 1. The van der Waals surface area contributed by atoms with Crippen LogP contribution in [0.5, 0.6) is 0 Å². The summed E-state index contributed by atoms with van der Waals surface area (Å²) in [6.07, 6.45) is 7.03. The summed E-state index contributed by atoms with van der Waals surface area (Å²) in [6.45, 7) is 6.84. The Balaban J connectivity index is 1.80. The number of Topliss-reactive ketones (excluding diaryl/α,β-unsaturated/α-hetero) is 1. The average Bonchev–Trinajstić information content (AvgIpc) is 2.40. The Bertz CT molecular complexity index is 272.